The monoisotopic (exact) mass is 530 g/mol. The Bertz CT molecular complexity index is 1120. The molecule has 0 aliphatic heterocycles. The molecule has 2 aromatic carbocycles. The molecule has 0 bridgehead atoms. The lowest BCUT2D eigenvalue weighted by molar-refractivity contribution is 0.828. The van der Waals surface area contributed by atoms with Crippen LogP contribution in [0, 0.1) is 0 Å². The van der Waals surface area contributed by atoms with Crippen LogP contribution in [-0.2, 0) is 0 Å². The van der Waals surface area contributed by atoms with Gasteiger partial charge in [-0.1, -0.05) is 121 Å². The lowest BCUT2D eigenvalue weighted by Crippen LogP contribution is -2.16. The molecule has 6 heteroatoms. The zero-order chi connectivity index (χ0) is 28.8. The zero-order valence-electron chi connectivity index (χ0n) is 23.8. The molecule has 0 aliphatic carbocycles. The van der Waals surface area contributed by atoms with E-state index in [0.717, 1.165) is 58.6 Å². The van der Waals surface area contributed by atoms with E-state index in [4.69, 9.17) is 16.6 Å². The molecule has 0 heterocycles. The van der Waals surface area contributed by atoms with Crippen molar-refractivity contribution < 1.29 is 0 Å². The molecule has 0 aliphatic rings. The molecular formula is C33H50N6. The SMILES string of the molecule is C.C=C/C(=C\C=C(/C)c1ccccc1/C(C)=N/N)CN=C(CCCC)N=C(N)c1ccccc1.C=CN.CC. The van der Waals surface area contributed by atoms with E-state index in [-0.39, 0.29) is 7.43 Å². The van der Waals surface area contributed by atoms with Gasteiger partial charge in [0.05, 0.1) is 12.3 Å². The number of rotatable bonds is 10. The lowest BCUT2D eigenvalue weighted by Gasteiger charge is -2.09. The number of hydrogen-bond donors (Lipinski definition) is 3. The third-order valence-electron chi connectivity index (χ3n) is 5.26. The van der Waals surface area contributed by atoms with Crippen molar-refractivity contribution in [2.75, 3.05) is 6.54 Å². The Labute approximate surface area is 237 Å². The summed E-state index contributed by atoms with van der Waals surface area (Å²) in [5.74, 6) is 6.74. The second-order valence-corrected chi connectivity index (χ2v) is 7.99. The van der Waals surface area contributed by atoms with E-state index < -0.39 is 0 Å². The predicted octanol–water partition coefficient (Wildman–Crippen LogP) is 7.63. The van der Waals surface area contributed by atoms with Crippen LogP contribution in [0.15, 0.2) is 113 Å². The fourth-order valence-corrected chi connectivity index (χ4v) is 3.22. The first-order valence-electron chi connectivity index (χ1n) is 13.0. The fraction of sp³-hybridized carbons (Fsp3) is 0.303. The van der Waals surface area contributed by atoms with Crippen LogP contribution in [0.1, 0.15) is 78.0 Å². The van der Waals surface area contributed by atoms with Crippen LogP contribution in [0.2, 0.25) is 0 Å². The van der Waals surface area contributed by atoms with Gasteiger partial charge in [-0.25, -0.2) is 4.99 Å². The van der Waals surface area contributed by atoms with Crippen molar-refractivity contribution in [2.45, 2.75) is 61.3 Å². The fourth-order valence-electron chi connectivity index (χ4n) is 3.22. The molecule has 0 radical (unpaired) electrons. The first-order valence-corrected chi connectivity index (χ1v) is 13.0. The summed E-state index contributed by atoms with van der Waals surface area (Å²) in [7, 11) is 0. The minimum atomic E-state index is 0. The summed E-state index contributed by atoms with van der Waals surface area (Å²) >= 11 is 0. The number of hydrazone groups is 1. The maximum absolute atomic E-state index is 6.23. The van der Waals surface area contributed by atoms with Gasteiger partial charge in [0.1, 0.15) is 11.7 Å². The first-order chi connectivity index (χ1) is 18.4. The number of allylic oxidation sites excluding steroid dienone is 3. The Balaban J connectivity index is 0. The Morgan fingerprint density at radius 1 is 0.923 bits per heavy atom. The zero-order valence-corrected chi connectivity index (χ0v) is 23.8. The van der Waals surface area contributed by atoms with E-state index >= 15 is 0 Å². The summed E-state index contributed by atoms with van der Waals surface area (Å²) in [6.45, 7) is 17.7. The summed E-state index contributed by atoms with van der Waals surface area (Å²) in [6.07, 6.45) is 10.1. The van der Waals surface area contributed by atoms with E-state index in [1.165, 1.54) is 6.20 Å². The van der Waals surface area contributed by atoms with Gasteiger partial charge in [0, 0.05) is 17.5 Å². The Morgan fingerprint density at radius 2 is 1.49 bits per heavy atom. The molecule has 0 atom stereocenters. The highest BCUT2D eigenvalue weighted by Crippen LogP contribution is 2.20. The Morgan fingerprint density at radius 3 is 2.03 bits per heavy atom. The number of hydrogen-bond acceptors (Lipinski definition) is 4. The van der Waals surface area contributed by atoms with Crippen molar-refractivity contribution in [3.63, 3.8) is 0 Å². The van der Waals surface area contributed by atoms with Crippen molar-refractivity contribution in [3.8, 4) is 0 Å². The second-order valence-electron chi connectivity index (χ2n) is 7.99. The Hall–Kier alpha value is -4.19. The minimum Gasteiger partial charge on any atom is -0.405 e. The first kappa shape index (κ1) is 37.0. The van der Waals surface area contributed by atoms with Gasteiger partial charge in [-0.2, -0.15) is 5.10 Å². The molecule has 6 N–H and O–H groups in total. The maximum atomic E-state index is 6.23. The van der Waals surface area contributed by atoms with Crippen molar-refractivity contribution >= 4 is 23.0 Å². The topological polar surface area (TPSA) is 115 Å². The van der Waals surface area contributed by atoms with Crippen LogP contribution in [0.4, 0.5) is 0 Å². The molecule has 0 amide bonds. The standard InChI is InChI=1S/C28H35N5.C2H5N.C2H6.CH4/c1-5-7-17-27(32-28(29)24-13-9-8-10-14-24)31-20-23(6-2)19-18-21(3)25-15-11-12-16-26(25)22(4)33-30;1-2-3;1-2;/h6,8-16,18-19H,2,5,7,17,20,30H2,1,3-4H3,(H2,29,31,32);2H,1,3H2;1-2H3;1H4/b21-18+,23-19+,33-22+;;;. The molecule has 39 heavy (non-hydrogen) atoms. The summed E-state index contributed by atoms with van der Waals surface area (Å²) < 4.78 is 0. The highest BCUT2D eigenvalue weighted by molar-refractivity contribution is 6.05. The largest absolute Gasteiger partial charge is 0.405 e. The average Bonchev–Trinajstić information content (AvgIpc) is 2.97. The molecule has 0 spiro atoms. The molecule has 0 unspecified atom stereocenters. The van der Waals surface area contributed by atoms with Crippen molar-refractivity contribution in [2.24, 2.45) is 32.4 Å². The molecule has 6 nitrogen and oxygen atoms in total. The van der Waals surface area contributed by atoms with E-state index in [1.807, 2.05) is 81.5 Å². The summed E-state index contributed by atoms with van der Waals surface area (Å²) in [5, 5.41) is 3.85. The minimum absolute atomic E-state index is 0. The molecule has 0 fully saturated rings. The second kappa shape index (κ2) is 23.0. The van der Waals surface area contributed by atoms with Crippen molar-refractivity contribution in [1.29, 1.82) is 0 Å². The quantitative estimate of drug-likeness (QED) is 0.0964. The average molecular weight is 531 g/mol. The molecule has 212 valence electrons. The van der Waals surface area contributed by atoms with Crippen LogP contribution in [-0.4, -0.2) is 23.9 Å². The van der Waals surface area contributed by atoms with E-state index in [0.29, 0.717) is 12.4 Å². The smallest absolute Gasteiger partial charge is 0.132 e. The summed E-state index contributed by atoms with van der Waals surface area (Å²) in [4.78, 5) is 9.37. The van der Waals surface area contributed by atoms with Crippen molar-refractivity contribution in [1.82, 2.24) is 0 Å². The maximum Gasteiger partial charge on any atom is 0.132 e. The molecule has 2 rings (SSSR count). The van der Waals surface area contributed by atoms with Crippen LogP contribution < -0.4 is 17.3 Å². The third-order valence-corrected chi connectivity index (χ3v) is 5.26. The number of nitrogens with two attached hydrogens (primary N) is 3. The van der Waals surface area contributed by atoms with Gasteiger partial charge in [-0.15, -0.1) is 0 Å². The van der Waals surface area contributed by atoms with Gasteiger partial charge in [0.2, 0.25) is 0 Å². The highest BCUT2D eigenvalue weighted by atomic mass is 15.1. The molecule has 0 saturated carbocycles. The van der Waals surface area contributed by atoms with Gasteiger partial charge in [-0.05, 0) is 43.2 Å². The summed E-state index contributed by atoms with van der Waals surface area (Å²) in [6, 6.07) is 17.9. The highest BCUT2D eigenvalue weighted by Gasteiger charge is 2.06. The molecular weight excluding hydrogens is 480 g/mol. The predicted molar refractivity (Wildman–Crippen MR) is 176 cm³/mol. The summed E-state index contributed by atoms with van der Waals surface area (Å²) in [5.41, 5.74) is 16.8. The van der Waals surface area contributed by atoms with E-state index in [2.05, 4.69) is 55.0 Å². The number of benzene rings is 2. The number of unbranched alkanes of at least 4 members (excludes halogenated alkanes) is 1. The van der Waals surface area contributed by atoms with Gasteiger partial charge < -0.3 is 17.3 Å². The van der Waals surface area contributed by atoms with Crippen LogP contribution in [0.5, 0.6) is 0 Å². The van der Waals surface area contributed by atoms with Crippen LogP contribution in [0.25, 0.3) is 5.57 Å². The number of aliphatic imine (C=N–C) groups is 2. The van der Waals surface area contributed by atoms with E-state index in [9.17, 15) is 0 Å². The lowest BCUT2D eigenvalue weighted by atomic mass is 9.97. The Kier molecular flexibility index (Phi) is 21.8. The van der Waals surface area contributed by atoms with Gasteiger partial charge >= 0.3 is 0 Å². The van der Waals surface area contributed by atoms with Gasteiger partial charge in [-0.3, -0.25) is 4.99 Å². The molecule has 0 saturated heterocycles. The molecule has 0 aromatic heterocycles. The van der Waals surface area contributed by atoms with Crippen LogP contribution in [0.3, 0.4) is 0 Å². The third kappa shape index (κ3) is 14.4. The van der Waals surface area contributed by atoms with Crippen LogP contribution >= 0.6 is 0 Å². The van der Waals surface area contributed by atoms with Gasteiger partial charge in [0.15, 0.2) is 0 Å². The number of amidine groups is 2. The number of nitrogens with zero attached hydrogens (tertiary/aromatic N) is 3. The van der Waals surface area contributed by atoms with Gasteiger partial charge in [0.25, 0.3) is 0 Å². The molecule has 2 aromatic rings. The normalized spacial score (nSPS) is 12.2. The van der Waals surface area contributed by atoms with E-state index in [1.54, 1.807) is 0 Å². The van der Waals surface area contributed by atoms with Crippen molar-refractivity contribution in [3.05, 3.63) is 114 Å².